The van der Waals surface area contributed by atoms with Gasteiger partial charge in [-0.3, -0.25) is 0 Å². The van der Waals surface area contributed by atoms with Crippen LogP contribution < -0.4 is 11.5 Å². The van der Waals surface area contributed by atoms with E-state index in [1.54, 1.807) is 0 Å². The average Bonchev–Trinajstić information content (AvgIpc) is 3.64. The minimum absolute atomic E-state index is 0. The number of halogens is 6. The molecule has 0 saturated heterocycles. The number of rotatable bonds is 6. The molecule has 2 aromatic rings. The van der Waals surface area contributed by atoms with Crippen molar-refractivity contribution in [1.82, 2.24) is 3.80 Å². The predicted molar refractivity (Wildman–Crippen MR) is 185 cm³/mol. The number of allylic oxidation sites excluding steroid dienone is 12. The summed E-state index contributed by atoms with van der Waals surface area (Å²) in [5, 5.41) is 7.05. The summed E-state index contributed by atoms with van der Waals surface area (Å²) in [5.41, 5.74) is 1.69. The van der Waals surface area contributed by atoms with Gasteiger partial charge in [-0.15, -0.1) is 24.8 Å². The van der Waals surface area contributed by atoms with Gasteiger partial charge in [0.1, 0.15) is 0 Å². The Bertz CT molecular complexity index is 1460. The van der Waals surface area contributed by atoms with Crippen molar-refractivity contribution in [2.45, 2.75) is 55.0 Å². The topological polar surface area (TPSA) is 12.0 Å². The van der Waals surface area contributed by atoms with Crippen molar-refractivity contribution in [1.29, 1.82) is 0 Å². The first kappa shape index (κ1) is 34.8. The van der Waals surface area contributed by atoms with Gasteiger partial charge in [0.2, 0.25) is 0 Å². The Morgan fingerprint density at radius 3 is 1.41 bits per heavy atom. The molecular weight excluding hydrogens is 671 g/mol. The maximum atomic E-state index is 7.41. The molecule has 0 aromatic heterocycles. The van der Waals surface area contributed by atoms with Gasteiger partial charge in [0.25, 0.3) is 0 Å². The normalized spacial score (nSPS) is 18.3. The molecule has 0 aliphatic heterocycles. The second-order valence-corrected chi connectivity index (χ2v) is 27.9. The van der Waals surface area contributed by atoms with E-state index < -0.39 is 14.3 Å². The van der Waals surface area contributed by atoms with Crippen LogP contribution in [0.5, 0.6) is 0 Å². The molecule has 2 aromatic carbocycles. The third-order valence-corrected chi connectivity index (χ3v) is 25.1. The van der Waals surface area contributed by atoms with E-state index in [1.807, 2.05) is 24.3 Å². The van der Waals surface area contributed by atoms with Gasteiger partial charge in [-0.05, 0) is 0 Å². The fourth-order valence-corrected chi connectivity index (χ4v) is 24.8. The van der Waals surface area contributed by atoms with Crippen LogP contribution in [0.15, 0.2) is 95.0 Å². The maximum Gasteiger partial charge on any atom is -0.147 e. The van der Waals surface area contributed by atoms with Crippen molar-refractivity contribution < 1.29 is 14.3 Å². The molecule has 1 N–H and O–H groups in total. The molecule has 0 heterocycles. The average molecular weight is 708 g/mol. The van der Waals surface area contributed by atoms with Crippen molar-refractivity contribution >= 4 is 79.0 Å². The van der Waals surface area contributed by atoms with Crippen molar-refractivity contribution in [2.24, 2.45) is 0 Å². The Labute approximate surface area is 276 Å². The quantitative estimate of drug-likeness (QED) is 0.295. The van der Waals surface area contributed by atoms with Gasteiger partial charge < -0.3 is 0 Å². The Balaban J connectivity index is 0.00000231. The molecule has 8 heteroatoms. The van der Waals surface area contributed by atoms with Crippen LogP contribution in [0.4, 0.5) is 0 Å². The molecule has 3 aliphatic rings. The van der Waals surface area contributed by atoms with E-state index in [9.17, 15) is 0 Å². The van der Waals surface area contributed by atoms with E-state index in [2.05, 4.69) is 102 Å². The van der Waals surface area contributed by atoms with E-state index in [4.69, 9.17) is 46.4 Å². The van der Waals surface area contributed by atoms with Crippen molar-refractivity contribution in [3.05, 3.63) is 126 Å². The van der Waals surface area contributed by atoms with Crippen LogP contribution in [0.3, 0.4) is 0 Å². The van der Waals surface area contributed by atoms with Gasteiger partial charge >= 0.3 is 253 Å². The van der Waals surface area contributed by atoms with Crippen LogP contribution in [-0.2, 0) is 14.3 Å². The van der Waals surface area contributed by atoms with Crippen LogP contribution in [0.2, 0.25) is 30.5 Å². The summed E-state index contributed by atoms with van der Waals surface area (Å²) in [4.78, 5) is 0. The zero-order valence-electron chi connectivity index (χ0n) is 23.9. The van der Waals surface area contributed by atoms with Gasteiger partial charge in [0.15, 0.2) is 0 Å². The molecule has 0 fully saturated rings. The molecule has 0 bridgehead atoms. The molecule has 0 amide bonds. The van der Waals surface area contributed by atoms with Crippen LogP contribution in [-0.4, -0.2) is 5.54 Å². The Kier molecular flexibility index (Phi) is 9.89. The molecular formula is C33H37Cl6NTi. The molecule has 0 atom stereocenters. The Hall–Kier alpha value is -0.706. The van der Waals surface area contributed by atoms with Crippen LogP contribution in [0.25, 0.3) is 0 Å². The van der Waals surface area contributed by atoms with E-state index >= 15 is 0 Å². The monoisotopic (exact) mass is 705 g/mol. The van der Waals surface area contributed by atoms with Crippen LogP contribution in [0.1, 0.15) is 50.2 Å². The minimum Gasteiger partial charge on any atom is -0.147 e. The summed E-state index contributed by atoms with van der Waals surface area (Å²) in [6.45, 7) is 6.59. The molecule has 0 radical (unpaired) electrons. The number of hydrogen-bond acceptors (Lipinski definition) is 1. The van der Waals surface area contributed by atoms with Gasteiger partial charge in [0.05, 0.1) is 0 Å². The number of hydrogen-bond donors (Lipinski definition) is 1. The SMILES string of the molecule is CC(C)(C)[NH][Ti]([CH3])([CH3])([C]1=CC=CC1)([c]1ccc(C2C=CC=C2)c(Cl)c1Cl)[c]1ccc(C2C=CC=C2)c(Cl)c1Cl.Cl.Cl. The zero-order valence-corrected chi connectivity index (χ0v) is 30.1. The first-order valence-electron chi connectivity index (χ1n) is 13.5. The van der Waals surface area contributed by atoms with Crippen molar-refractivity contribution in [3.63, 3.8) is 0 Å². The first-order valence-corrected chi connectivity index (χ1v) is 21.2. The second kappa shape index (κ2) is 11.7. The summed E-state index contributed by atoms with van der Waals surface area (Å²) in [7, 11) is 0. The maximum absolute atomic E-state index is 7.41. The predicted octanol–water partition coefficient (Wildman–Crippen LogP) is 11.0. The van der Waals surface area contributed by atoms with E-state index in [1.165, 1.54) is 3.88 Å². The molecule has 3 aliphatic carbocycles. The molecule has 220 valence electrons. The van der Waals surface area contributed by atoms with E-state index in [0.29, 0.717) is 20.1 Å². The van der Waals surface area contributed by atoms with E-state index in [0.717, 1.165) is 25.3 Å². The third-order valence-electron chi connectivity index (χ3n) is 9.03. The minimum atomic E-state index is -5.20. The molecule has 0 saturated carbocycles. The van der Waals surface area contributed by atoms with E-state index in [-0.39, 0.29) is 42.2 Å². The largest absolute Gasteiger partial charge is 0.147 e. The molecule has 0 spiro atoms. The molecule has 0 unspecified atom stereocenters. The van der Waals surface area contributed by atoms with Gasteiger partial charge in [-0.1, -0.05) is 0 Å². The molecule has 5 rings (SSSR count). The third kappa shape index (κ3) is 5.43. The Morgan fingerprint density at radius 1 is 0.659 bits per heavy atom. The van der Waals surface area contributed by atoms with Gasteiger partial charge in [-0.2, -0.15) is 0 Å². The fourth-order valence-electron chi connectivity index (χ4n) is 7.39. The smallest absolute Gasteiger partial charge is 0.147 e. The Morgan fingerprint density at radius 2 is 1.07 bits per heavy atom. The molecule has 1 nitrogen and oxygen atoms in total. The van der Waals surface area contributed by atoms with Crippen molar-refractivity contribution in [3.8, 4) is 0 Å². The van der Waals surface area contributed by atoms with Crippen molar-refractivity contribution in [2.75, 3.05) is 0 Å². The molecule has 41 heavy (non-hydrogen) atoms. The van der Waals surface area contributed by atoms with Crippen LogP contribution in [0, 0.1) is 0 Å². The van der Waals surface area contributed by atoms with Crippen LogP contribution >= 0.6 is 71.2 Å². The van der Waals surface area contributed by atoms with Gasteiger partial charge in [0, 0.05) is 0 Å². The van der Waals surface area contributed by atoms with Gasteiger partial charge in [-0.25, -0.2) is 0 Å². The summed E-state index contributed by atoms with van der Waals surface area (Å²) < 4.78 is 7.54. The number of nitrogens with one attached hydrogen (secondary N) is 1. The first-order chi connectivity index (χ1) is 18.2. The summed E-state index contributed by atoms with van der Waals surface area (Å²) >= 11 is 23.9. The summed E-state index contributed by atoms with van der Waals surface area (Å²) in [6.07, 6.45) is 24.1. The summed E-state index contributed by atoms with van der Waals surface area (Å²) in [5.74, 6) is 0.193. The fraction of sp³-hybridized carbons (Fsp3) is 0.273. The number of benzene rings is 2. The standard InChI is InChI=1S/2C11H7Cl2.C5H5.C4H10N.2CH3.2ClH.Ti/c2*12-10-7-3-6-9(11(10)13)8-4-1-2-5-8;1-2-4-5-3-1;1-4(2,3)5;;;;;/h2*1-6,8H;1-3H,4H2;5H,1-3H3;2*1H3;2*1H;/q;;;-1;;;;;+1. The second-order valence-electron chi connectivity index (χ2n) is 13.2. The zero-order chi connectivity index (χ0) is 28.3. The summed E-state index contributed by atoms with van der Waals surface area (Å²) in [6, 6.07) is 8.64.